The molecule has 23 heavy (non-hydrogen) atoms. The van der Waals surface area contributed by atoms with Gasteiger partial charge in [-0.2, -0.15) is 13.2 Å². The van der Waals surface area contributed by atoms with Crippen LogP contribution in [0.25, 0.3) is 10.9 Å². The number of rotatable bonds is 1. The van der Waals surface area contributed by atoms with Crippen molar-refractivity contribution in [3.63, 3.8) is 0 Å². The van der Waals surface area contributed by atoms with Gasteiger partial charge in [-0.3, -0.25) is 0 Å². The number of nitrogens with zero attached hydrogens (tertiary/aromatic N) is 3. The van der Waals surface area contributed by atoms with Gasteiger partial charge in [-0.1, -0.05) is 30.3 Å². The number of aromatic nitrogens is 2. The van der Waals surface area contributed by atoms with Crippen molar-refractivity contribution in [2.45, 2.75) is 12.6 Å². The summed E-state index contributed by atoms with van der Waals surface area (Å²) in [7, 11) is 0. The molecular formula is C17H12F3N3. The molecular weight excluding hydrogens is 303 g/mol. The first-order valence-corrected chi connectivity index (χ1v) is 7.23. The Labute approximate surface area is 130 Å². The summed E-state index contributed by atoms with van der Waals surface area (Å²) in [6.07, 6.45) is -3.78. The van der Waals surface area contributed by atoms with Crippen LogP contribution in [0.2, 0.25) is 0 Å². The maximum absolute atomic E-state index is 13.1. The Hall–Kier alpha value is -2.63. The third-order valence-electron chi connectivity index (χ3n) is 3.98. The third kappa shape index (κ3) is 2.30. The fourth-order valence-corrected chi connectivity index (χ4v) is 2.95. The van der Waals surface area contributed by atoms with Crippen molar-refractivity contribution in [1.29, 1.82) is 0 Å². The van der Waals surface area contributed by atoms with E-state index >= 15 is 0 Å². The van der Waals surface area contributed by atoms with Crippen LogP contribution in [0.15, 0.2) is 48.5 Å². The standard InChI is InChI=1S/C17H12F3N3/c18-17(19,20)16-21-13-7-3-2-6-12(13)15(22-16)23-10-9-11-5-1-4-8-14(11)23/h1-8H,9-10H2. The van der Waals surface area contributed by atoms with Crippen LogP contribution < -0.4 is 4.90 Å². The molecule has 4 rings (SSSR count). The van der Waals surface area contributed by atoms with Crippen molar-refractivity contribution in [3.05, 3.63) is 59.9 Å². The number of fused-ring (bicyclic) bond motifs is 2. The molecule has 0 amide bonds. The molecule has 0 N–H and O–H groups in total. The van der Waals surface area contributed by atoms with Gasteiger partial charge in [-0.15, -0.1) is 0 Å². The molecule has 116 valence electrons. The highest BCUT2D eigenvalue weighted by Gasteiger charge is 2.36. The van der Waals surface area contributed by atoms with Crippen molar-refractivity contribution >= 4 is 22.4 Å². The average molecular weight is 315 g/mol. The van der Waals surface area contributed by atoms with Crippen LogP contribution in [0, 0.1) is 0 Å². The van der Waals surface area contributed by atoms with E-state index in [1.807, 2.05) is 29.2 Å². The number of halogens is 3. The molecule has 0 unspecified atom stereocenters. The van der Waals surface area contributed by atoms with Gasteiger partial charge in [0.2, 0.25) is 5.82 Å². The zero-order valence-electron chi connectivity index (χ0n) is 12.0. The minimum atomic E-state index is -4.57. The summed E-state index contributed by atoms with van der Waals surface area (Å²) in [5.41, 5.74) is 2.32. The van der Waals surface area contributed by atoms with Gasteiger partial charge in [-0.05, 0) is 30.2 Å². The minimum Gasteiger partial charge on any atom is -0.325 e. The molecule has 0 saturated carbocycles. The van der Waals surface area contributed by atoms with Crippen molar-refractivity contribution < 1.29 is 13.2 Å². The lowest BCUT2D eigenvalue weighted by Gasteiger charge is -2.21. The summed E-state index contributed by atoms with van der Waals surface area (Å²) < 4.78 is 39.4. The lowest BCUT2D eigenvalue weighted by molar-refractivity contribution is -0.144. The Balaban J connectivity index is 1.96. The molecule has 0 atom stereocenters. The molecule has 0 radical (unpaired) electrons. The van der Waals surface area contributed by atoms with Gasteiger partial charge in [-0.25, -0.2) is 9.97 Å². The topological polar surface area (TPSA) is 29.0 Å². The summed E-state index contributed by atoms with van der Waals surface area (Å²) in [6, 6.07) is 14.5. The van der Waals surface area contributed by atoms with Gasteiger partial charge in [0, 0.05) is 17.6 Å². The zero-order chi connectivity index (χ0) is 16.0. The van der Waals surface area contributed by atoms with E-state index in [9.17, 15) is 13.2 Å². The summed E-state index contributed by atoms with van der Waals surface area (Å²) in [5, 5.41) is 0.622. The van der Waals surface area contributed by atoms with E-state index in [0.29, 0.717) is 23.3 Å². The van der Waals surface area contributed by atoms with E-state index in [4.69, 9.17) is 0 Å². The second-order valence-corrected chi connectivity index (χ2v) is 5.42. The second kappa shape index (κ2) is 4.94. The van der Waals surface area contributed by atoms with Crippen molar-refractivity contribution in [3.8, 4) is 0 Å². The van der Waals surface area contributed by atoms with Crippen LogP contribution >= 0.6 is 0 Å². The first-order chi connectivity index (χ1) is 11.0. The Morgan fingerprint density at radius 1 is 0.913 bits per heavy atom. The van der Waals surface area contributed by atoms with Crippen LogP contribution in [-0.2, 0) is 12.6 Å². The van der Waals surface area contributed by atoms with Gasteiger partial charge in [0.1, 0.15) is 5.82 Å². The predicted molar refractivity (Wildman–Crippen MR) is 81.7 cm³/mol. The summed E-state index contributed by atoms with van der Waals surface area (Å²) >= 11 is 0. The third-order valence-corrected chi connectivity index (χ3v) is 3.98. The fraction of sp³-hybridized carbons (Fsp3) is 0.176. The molecule has 0 aliphatic carbocycles. The first-order valence-electron chi connectivity index (χ1n) is 7.23. The van der Waals surface area contributed by atoms with Crippen molar-refractivity contribution in [2.75, 3.05) is 11.4 Å². The molecule has 0 fully saturated rings. The van der Waals surface area contributed by atoms with E-state index in [1.54, 1.807) is 24.3 Å². The smallest absolute Gasteiger partial charge is 0.325 e. The Kier molecular flexibility index (Phi) is 3.01. The number of hydrogen-bond donors (Lipinski definition) is 0. The minimum absolute atomic E-state index is 0.300. The van der Waals surface area contributed by atoms with E-state index in [1.165, 1.54) is 0 Å². The summed E-state index contributed by atoms with van der Waals surface area (Å²) in [6.45, 7) is 0.609. The molecule has 2 heterocycles. The monoisotopic (exact) mass is 315 g/mol. The van der Waals surface area contributed by atoms with E-state index in [2.05, 4.69) is 9.97 Å². The van der Waals surface area contributed by atoms with Gasteiger partial charge in [0.05, 0.1) is 5.52 Å². The Morgan fingerprint density at radius 2 is 1.65 bits per heavy atom. The van der Waals surface area contributed by atoms with Crippen LogP contribution in [0.5, 0.6) is 0 Å². The van der Waals surface area contributed by atoms with Crippen LogP contribution in [0.1, 0.15) is 11.4 Å². The first kappa shape index (κ1) is 14.0. The molecule has 1 aromatic heterocycles. The molecule has 0 saturated heterocycles. The molecule has 3 aromatic rings. The molecule has 2 aromatic carbocycles. The van der Waals surface area contributed by atoms with Crippen molar-refractivity contribution in [1.82, 2.24) is 9.97 Å². The van der Waals surface area contributed by atoms with Gasteiger partial charge < -0.3 is 4.90 Å². The number of benzene rings is 2. The Bertz CT molecular complexity index is 890. The van der Waals surface area contributed by atoms with Gasteiger partial charge in [0.15, 0.2) is 0 Å². The van der Waals surface area contributed by atoms with Crippen molar-refractivity contribution in [2.24, 2.45) is 0 Å². The van der Waals surface area contributed by atoms with Gasteiger partial charge >= 0.3 is 6.18 Å². The lowest BCUT2D eigenvalue weighted by Crippen LogP contribution is -2.19. The Morgan fingerprint density at radius 3 is 2.48 bits per heavy atom. The maximum Gasteiger partial charge on any atom is 0.451 e. The zero-order valence-corrected chi connectivity index (χ0v) is 12.0. The highest BCUT2D eigenvalue weighted by atomic mass is 19.4. The highest BCUT2D eigenvalue weighted by Crippen LogP contribution is 2.38. The molecule has 0 spiro atoms. The molecule has 3 nitrogen and oxygen atoms in total. The molecule has 1 aliphatic heterocycles. The SMILES string of the molecule is FC(F)(F)c1nc(N2CCc3ccccc32)c2ccccc2n1. The number of anilines is 2. The van der Waals surface area contributed by atoms with Crippen LogP contribution in [-0.4, -0.2) is 16.5 Å². The number of hydrogen-bond acceptors (Lipinski definition) is 3. The average Bonchev–Trinajstić information content (AvgIpc) is 2.97. The van der Waals surface area contributed by atoms with Gasteiger partial charge in [0.25, 0.3) is 0 Å². The molecule has 6 heteroatoms. The van der Waals surface area contributed by atoms with Crippen LogP contribution in [0.3, 0.4) is 0 Å². The van der Waals surface area contributed by atoms with Crippen LogP contribution in [0.4, 0.5) is 24.7 Å². The largest absolute Gasteiger partial charge is 0.451 e. The number of para-hydroxylation sites is 2. The van der Waals surface area contributed by atoms with E-state index in [-0.39, 0.29) is 0 Å². The quantitative estimate of drug-likeness (QED) is 0.669. The number of alkyl halides is 3. The maximum atomic E-state index is 13.1. The fourth-order valence-electron chi connectivity index (χ4n) is 2.95. The van der Waals surface area contributed by atoms with E-state index in [0.717, 1.165) is 17.7 Å². The normalized spacial score (nSPS) is 14.3. The molecule has 0 bridgehead atoms. The second-order valence-electron chi connectivity index (χ2n) is 5.42. The summed E-state index contributed by atoms with van der Waals surface area (Å²) in [5.74, 6) is -0.788. The predicted octanol–water partition coefficient (Wildman–Crippen LogP) is 4.34. The highest BCUT2D eigenvalue weighted by molar-refractivity contribution is 5.92. The van der Waals surface area contributed by atoms with E-state index < -0.39 is 12.0 Å². The molecule has 1 aliphatic rings. The summed E-state index contributed by atoms with van der Waals surface area (Å²) in [4.78, 5) is 9.36. The lowest BCUT2D eigenvalue weighted by atomic mass is 10.2.